The molecule has 0 aliphatic heterocycles. The number of benzene rings is 1. The number of nitrogens with zero attached hydrogens (tertiary/aromatic N) is 1. The molecule has 0 radical (unpaired) electrons. The lowest BCUT2D eigenvalue weighted by molar-refractivity contribution is 0.0692. The van der Waals surface area contributed by atoms with E-state index in [4.69, 9.17) is 16.0 Å². The van der Waals surface area contributed by atoms with Gasteiger partial charge in [0.05, 0.1) is 7.11 Å². The monoisotopic (exact) mass is 228 g/mol. The number of rotatable bonds is 3. The highest BCUT2D eigenvalue weighted by Crippen LogP contribution is 2.24. The average molecular weight is 228 g/mol. The van der Waals surface area contributed by atoms with Gasteiger partial charge in [0.25, 0.3) is 0 Å². The summed E-state index contributed by atoms with van der Waals surface area (Å²) in [6, 6.07) is 1.97. The molecule has 0 saturated heterocycles. The minimum Gasteiger partial charge on any atom is -0.493 e. The third-order valence-electron chi connectivity index (χ3n) is 1.88. The van der Waals surface area contributed by atoms with Gasteiger partial charge in [-0.3, -0.25) is 0 Å². The summed E-state index contributed by atoms with van der Waals surface area (Å²) in [6.07, 6.45) is 0. The van der Waals surface area contributed by atoms with E-state index in [1.807, 2.05) is 0 Å². The topological polar surface area (TPSA) is 105 Å². The molecular formula is C9H9FN2O4. The molecule has 1 aromatic rings. The summed E-state index contributed by atoms with van der Waals surface area (Å²) in [5.74, 6) is -3.06. The molecule has 16 heavy (non-hydrogen) atoms. The second kappa shape index (κ2) is 4.47. The predicted octanol–water partition coefficient (Wildman–Crippen LogP) is 0.627. The van der Waals surface area contributed by atoms with Crippen molar-refractivity contribution in [3.63, 3.8) is 0 Å². The Morgan fingerprint density at radius 1 is 1.56 bits per heavy atom. The van der Waals surface area contributed by atoms with Crippen LogP contribution < -0.4 is 10.5 Å². The maximum absolute atomic E-state index is 13.4. The summed E-state index contributed by atoms with van der Waals surface area (Å²) in [4.78, 5) is 10.8. The first kappa shape index (κ1) is 11.8. The third kappa shape index (κ3) is 2.02. The molecule has 0 unspecified atom stereocenters. The number of oxime groups is 1. The number of ether oxygens (including phenoxy) is 1. The van der Waals surface area contributed by atoms with Gasteiger partial charge >= 0.3 is 5.97 Å². The van der Waals surface area contributed by atoms with Crippen LogP contribution in [0.25, 0.3) is 0 Å². The van der Waals surface area contributed by atoms with Crippen LogP contribution in [0.5, 0.6) is 5.75 Å². The first-order chi connectivity index (χ1) is 7.51. The van der Waals surface area contributed by atoms with Crippen LogP contribution in [0.4, 0.5) is 4.39 Å². The van der Waals surface area contributed by atoms with E-state index in [0.717, 1.165) is 19.2 Å². The number of aromatic carboxylic acids is 1. The summed E-state index contributed by atoms with van der Waals surface area (Å²) in [7, 11) is 1.15. The van der Waals surface area contributed by atoms with Crippen molar-refractivity contribution in [2.75, 3.05) is 7.11 Å². The van der Waals surface area contributed by atoms with Crippen LogP contribution in [0.2, 0.25) is 0 Å². The van der Waals surface area contributed by atoms with Crippen LogP contribution in [0.15, 0.2) is 17.3 Å². The summed E-state index contributed by atoms with van der Waals surface area (Å²) < 4.78 is 18.0. The van der Waals surface area contributed by atoms with Crippen molar-refractivity contribution in [2.24, 2.45) is 10.9 Å². The molecule has 86 valence electrons. The van der Waals surface area contributed by atoms with Crippen molar-refractivity contribution in [3.8, 4) is 5.75 Å². The Balaban J connectivity index is 3.45. The number of halogens is 1. The van der Waals surface area contributed by atoms with E-state index in [-0.39, 0.29) is 11.4 Å². The number of amidine groups is 1. The molecule has 0 aliphatic carbocycles. The molecular weight excluding hydrogens is 219 g/mol. The van der Waals surface area contributed by atoms with Gasteiger partial charge < -0.3 is 20.8 Å². The van der Waals surface area contributed by atoms with Crippen molar-refractivity contribution >= 4 is 11.8 Å². The maximum atomic E-state index is 13.4. The largest absolute Gasteiger partial charge is 0.493 e. The standard InChI is InChI=1S/C9H9FN2O4/c1-16-7-5(9(13)14)2-4(3-6(7)10)8(11)12-15/h2-3,15H,1H3,(H2,11,12)(H,13,14). The molecule has 0 amide bonds. The highest BCUT2D eigenvalue weighted by atomic mass is 19.1. The number of hydrogen-bond acceptors (Lipinski definition) is 4. The molecule has 4 N–H and O–H groups in total. The zero-order chi connectivity index (χ0) is 12.3. The molecule has 0 atom stereocenters. The Bertz CT molecular complexity index is 459. The molecule has 1 aromatic carbocycles. The number of nitrogens with two attached hydrogens (primary N) is 1. The molecule has 0 bridgehead atoms. The van der Waals surface area contributed by atoms with Gasteiger partial charge in [-0.2, -0.15) is 0 Å². The first-order valence-electron chi connectivity index (χ1n) is 4.10. The Morgan fingerprint density at radius 3 is 2.62 bits per heavy atom. The van der Waals surface area contributed by atoms with E-state index >= 15 is 0 Å². The van der Waals surface area contributed by atoms with E-state index < -0.39 is 23.1 Å². The predicted molar refractivity (Wildman–Crippen MR) is 52.4 cm³/mol. The fourth-order valence-electron chi connectivity index (χ4n) is 1.17. The minimum atomic E-state index is -1.37. The first-order valence-corrected chi connectivity index (χ1v) is 4.10. The SMILES string of the molecule is COc1c(F)cc(/C(N)=N/O)cc1C(=O)O. The maximum Gasteiger partial charge on any atom is 0.339 e. The summed E-state index contributed by atoms with van der Waals surface area (Å²) in [5, 5.41) is 19.9. The van der Waals surface area contributed by atoms with Crippen molar-refractivity contribution < 1.29 is 24.2 Å². The highest BCUT2D eigenvalue weighted by Gasteiger charge is 2.18. The van der Waals surface area contributed by atoms with Crippen LogP contribution >= 0.6 is 0 Å². The minimum absolute atomic E-state index is 0.0433. The molecule has 0 fully saturated rings. The summed E-state index contributed by atoms with van der Waals surface area (Å²) in [5.41, 5.74) is 4.78. The van der Waals surface area contributed by atoms with Crippen LogP contribution in [0.3, 0.4) is 0 Å². The molecule has 0 saturated carbocycles. The molecule has 0 aliphatic rings. The zero-order valence-electron chi connectivity index (χ0n) is 8.27. The quantitative estimate of drug-likeness (QED) is 0.304. The number of carbonyl (C=O) groups is 1. The van der Waals surface area contributed by atoms with Gasteiger partial charge in [-0.15, -0.1) is 0 Å². The average Bonchev–Trinajstić information content (AvgIpc) is 2.26. The van der Waals surface area contributed by atoms with E-state index in [9.17, 15) is 9.18 Å². The van der Waals surface area contributed by atoms with Gasteiger partial charge in [0.2, 0.25) is 0 Å². The Labute approximate surface area is 89.7 Å². The molecule has 1 rings (SSSR count). The number of carboxylic acids is 1. The van der Waals surface area contributed by atoms with Crippen LogP contribution in [-0.2, 0) is 0 Å². The van der Waals surface area contributed by atoms with Crippen molar-refractivity contribution in [1.29, 1.82) is 0 Å². The fourth-order valence-corrected chi connectivity index (χ4v) is 1.17. The highest BCUT2D eigenvalue weighted by molar-refractivity contribution is 6.00. The molecule has 0 heterocycles. The lowest BCUT2D eigenvalue weighted by Crippen LogP contribution is -2.15. The Morgan fingerprint density at radius 2 is 2.19 bits per heavy atom. The van der Waals surface area contributed by atoms with Crippen LogP contribution in [0, 0.1) is 5.82 Å². The van der Waals surface area contributed by atoms with E-state index in [1.54, 1.807) is 0 Å². The van der Waals surface area contributed by atoms with E-state index in [0.29, 0.717) is 0 Å². The van der Waals surface area contributed by atoms with E-state index in [1.165, 1.54) is 0 Å². The number of carboxylic acid groups (broad SMARTS) is 1. The van der Waals surface area contributed by atoms with Gasteiger partial charge in [0.15, 0.2) is 17.4 Å². The lowest BCUT2D eigenvalue weighted by atomic mass is 10.1. The second-order valence-corrected chi connectivity index (χ2v) is 2.83. The fraction of sp³-hybridized carbons (Fsp3) is 0.111. The second-order valence-electron chi connectivity index (χ2n) is 2.83. The third-order valence-corrected chi connectivity index (χ3v) is 1.88. The van der Waals surface area contributed by atoms with Crippen LogP contribution in [-0.4, -0.2) is 29.2 Å². The molecule has 0 spiro atoms. The lowest BCUT2D eigenvalue weighted by Gasteiger charge is -2.08. The van der Waals surface area contributed by atoms with Crippen LogP contribution in [0.1, 0.15) is 15.9 Å². The normalized spacial score (nSPS) is 11.2. The Hall–Kier alpha value is -2.31. The van der Waals surface area contributed by atoms with Crippen molar-refractivity contribution in [2.45, 2.75) is 0 Å². The smallest absolute Gasteiger partial charge is 0.339 e. The zero-order valence-corrected chi connectivity index (χ0v) is 8.27. The number of methoxy groups -OCH3 is 1. The van der Waals surface area contributed by atoms with Gasteiger partial charge in [0, 0.05) is 5.56 Å². The Kier molecular flexibility index (Phi) is 3.29. The van der Waals surface area contributed by atoms with Gasteiger partial charge in [-0.25, -0.2) is 9.18 Å². The van der Waals surface area contributed by atoms with Crippen molar-refractivity contribution in [3.05, 3.63) is 29.1 Å². The number of hydrogen-bond donors (Lipinski definition) is 3. The molecule has 0 aromatic heterocycles. The summed E-state index contributed by atoms with van der Waals surface area (Å²) >= 11 is 0. The molecule has 6 nitrogen and oxygen atoms in total. The van der Waals surface area contributed by atoms with Gasteiger partial charge in [0.1, 0.15) is 5.56 Å². The van der Waals surface area contributed by atoms with Crippen molar-refractivity contribution in [1.82, 2.24) is 0 Å². The molecule has 7 heteroatoms. The van der Waals surface area contributed by atoms with E-state index in [2.05, 4.69) is 9.89 Å². The van der Waals surface area contributed by atoms with Gasteiger partial charge in [-0.1, -0.05) is 5.16 Å². The summed E-state index contributed by atoms with van der Waals surface area (Å²) in [6.45, 7) is 0. The van der Waals surface area contributed by atoms with Gasteiger partial charge in [-0.05, 0) is 12.1 Å².